The molecule has 1 saturated heterocycles. The largest absolute Gasteiger partial charge is 0.497 e. The van der Waals surface area contributed by atoms with E-state index in [1.165, 1.54) is 5.69 Å². The number of allylic oxidation sites excluding steroid dienone is 1. The van der Waals surface area contributed by atoms with Gasteiger partial charge in [0.1, 0.15) is 5.75 Å². The van der Waals surface area contributed by atoms with Crippen LogP contribution in [0.3, 0.4) is 0 Å². The maximum atomic E-state index is 12.4. The van der Waals surface area contributed by atoms with Gasteiger partial charge in [0.05, 0.1) is 7.11 Å². The average molecular weight is 336 g/mol. The highest BCUT2D eigenvalue weighted by atomic mass is 16.5. The molecule has 2 aromatic carbocycles. The van der Waals surface area contributed by atoms with Crippen LogP contribution in [0, 0.1) is 0 Å². The van der Waals surface area contributed by atoms with E-state index >= 15 is 0 Å². The molecule has 0 spiro atoms. The van der Waals surface area contributed by atoms with Gasteiger partial charge in [-0.2, -0.15) is 0 Å². The topological polar surface area (TPSA) is 32.8 Å². The van der Waals surface area contributed by atoms with Crippen LogP contribution >= 0.6 is 0 Å². The van der Waals surface area contributed by atoms with E-state index in [-0.39, 0.29) is 5.78 Å². The molecule has 3 rings (SSSR count). The van der Waals surface area contributed by atoms with E-state index in [0.717, 1.165) is 37.5 Å². The monoisotopic (exact) mass is 336 g/mol. The fourth-order valence-electron chi connectivity index (χ4n) is 2.91. The first-order valence-electron chi connectivity index (χ1n) is 8.56. The molecule has 4 heteroatoms. The quantitative estimate of drug-likeness (QED) is 0.619. The van der Waals surface area contributed by atoms with Crippen LogP contribution in [0.25, 0.3) is 6.08 Å². The van der Waals surface area contributed by atoms with Crippen LogP contribution in [-0.2, 0) is 0 Å². The normalized spacial score (nSPS) is 15.5. The van der Waals surface area contributed by atoms with Crippen molar-refractivity contribution >= 4 is 17.5 Å². The number of hydrogen-bond donors (Lipinski definition) is 0. The summed E-state index contributed by atoms with van der Waals surface area (Å²) in [6.07, 6.45) is 3.43. The second-order valence-electron chi connectivity index (χ2n) is 6.31. The molecule has 4 nitrogen and oxygen atoms in total. The SMILES string of the molecule is COc1cccc(/C=C/C(=O)c2ccc(N3CCN(C)CC3)cc2)c1. The first kappa shape index (κ1) is 17.2. The van der Waals surface area contributed by atoms with Gasteiger partial charge in [-0.3, -0.25) is 4.79 Å². The van der Waals surface area contributed by atoms with E-state index in [9.17, 15) is 4.79 Å². The molecule has 0 N–H and O–H groups in total. The highest BCUT2D eigenvalue weighted by Crippen LogP contribution is 2.18. The number of ether oxygens (including phenoxy) is 1. The van der Waals surface area contributed by atoms with E-state index in [0.29, 0.717) is 5.56 Å². The van der Waals surface area contributed by atoms with Gasteiger partial charge in [0.2, 0.25) is 0 Å². The lowest BCUT2D eigenvalue weighted by Crippen LogP contribution is -2.44. The Labute approximate surface area is 149 Å². The van der Waals surface area contributed by atoms with Crippen molar-refractivity contribution in [1.29, 1.82) is 0 Å². The number of ketones is 1. The number of methoxy groups -OCH3 is 1. The van der Waals surface area contributed by atoms with Gasteiger partial charge in [0.25, 0.3) is 0 Å². The Balaban J connectivity index is 1.65. The molecule has 25 heavy (non-hydrogen) atoms. The summed E-state index contributed by atoms with van der Waals surface area (Å²) in [6, 6.07) is 15.5. The molecule has 0 aliphatic carbocycles. The van der Waals surface area contributed by atoms with Crippen molar-refractivity contribution in [3.05, 3.63) is 65.7 Å². The van der Waals surface area contributed by atoms with Gasteiger partial charge in [-0.05, 0) is 55.1 Å². The van der Waals surface area contributed by atoms with Gasteiger partial charge in [-0.25, -0.2) is 0 Å². The fraction of sp³-hybridized carbons (Fsp3) is 0.286. The highest BCUT2D eigenvalue weighted by molar-refractivity contribution is 6.07. The Morgan fingerprint density at radius 3 is 2.44 bits per heavy atom. The van der Waals surface area contributed by atoms with E-state index in [1.54, 1.807) is 13.2 Å². The van der Waals surface area contributed by atoms with Crippen molar-refractivity contribution in [2.75, 3.05) is 45.2 Å². The van der Waals surface area contributed by atoms with Gasteiger partial charge >= 0.3 is 0 Å². The summed E-state index contributed by atoms with van der Waals surface area (Å²) in [5.41, 5.74) is 2.83. The van der Waals surface area contributed by atoms with Crippen LogP contribution in [0.5, 0.6) is 5.75 Å². The number of benzene rings is 2. The molecular weight excluding hydrogens is 312 g/mol. The minimum Gasteiger partial charge on any atom is -0.497 e. The first-order chi connectivity index (χ1) is 12.2. The number of carbonyl (C=O) groups excluding carboxylic acids is 1. The number of hydrogen-bond acceptors (Lipinski definition) is 4. The maximum Gasteiger partial charge on any atom is 0.185 e. The second-order valence-corrected chi connectivity index (χ2v) is 6.31. The molecule has 0 saturated carbocycles. The van der Waals surface area contributed by atoms with Crippen LogP contribution in [-0.4, -0.2) is 51.0 Å². The van der Waals surface area contributed by atoms with Crippen molar-refractivity contribution in [3.8, 4) is 5.75 Å². The summed E-state index contributed by atoms with van der Waals surface area (Å²) in [7, 11) is 3.78. The van der Waals surface area contributed by atoms with Gasteiger partial charge in [0, 0.05) is 37.4 Å². The average Bonchev–Trinajstić information content (AvgIpc) is 2.67. The molecule has 0 bridgehead atoms. The fourth-order valence-corrected chi connectivity index (χ4v) is 2.91. The first-order valence-corrected chi connectivity index (χ1v) is 8.56. The molecule has 130 valence electrons. The smallest absolute Gasteiger partial charge is 0.185 e. The van der Waals surface area contributed by atoms with Crippen LogP contribution in [0.4, 0.5) is 5.69 Å². The van der Waals surface area contributed by atoms with Crippen LogP contribution < -0.4 is 9.64 Å². The Morgan fingerprint density at radius 1 is 1.04 bits per heavy atom. The molecule has 1 aliphatic rings. The third kappa shape index (κ3) is 4.48. The third-order valence-electron chi connectivity index (χ3n) is 4.54. The van der Waals surface area contributed by atoms with Gasteiger partial charge < -0.3 is 14.5 Å². The van der Waals surface area contributed by atoms with Crippen molar-refractivity contribution < 1.29 is 9.53 Å². The van der Waals surface area contributed by atoms with E-state index in [4.69, 9.17) is 4.74 Å². The van der Waals surface area contributed by atoms with Crippen molar-refractivity contribution in [2.24, 2.45) is 0 Å². The Hall–Kier alpha value is -2.59. The Kier molecular flexibility index (Phi) is 5.51. The number of piperazine rings is 1. The Morgan fingerprint density at radius 2 is 1.76 bits per heavy atom. The van der Waals surface area contributed by atoms with Crippen molar-refractivity contribution in [3.63, 3.8) is 0 Å². The molecule has 0 unspecified atom stereocenters. The minimum absolute atomic E-state index is 0.00717. The number of anilines is 1. The van der Waals surface area contributed by atoms with E-state index < -0.39 is 0 Å². The summed E-state index contributed by atoms with van der Waals surface area (Å²) < 4.78 is 5.20. The Bertz CT molecular complexity index is 745. The predicted octanol–water partition coefficient (Wildman–Crippen LogP) is 3.34. The predicted molar refractivity (Wildman–Crippen MR) is 103 cm³/mol. The molecule has 1 aliphatic heterocycles. The van der Waals surface area contributed by atoms with Crippen molar-refractivity contribution in [2.45, 2.75) is 0 Å². The maximum absolute atomic E-state index is 12.4. The lowest BCUT2D eigenvalue weighted by Gasteiger charge is -2.34. The standard InChI is InChI=1S/C21H24N2O2/c1-22-12-14-23(15-13-22)19-9-7-18(8-10-19)21(24)11-6-17-4-3-5-20(16-17)25-2/h3-11,16H,12-15H2,1-2H3/b11-6+. The van der Waals surface area contributed by atoms with E-state index in [2.05, 4.69) is 16.8 Å². The zero-order valence-electron chi connectivity index (χ0n) is 14.8. The third-order valence-corrected chi connectivity index (χ3v) is 4.54. The summed E-state index contributed by atoms with van der Waals surface area (Å²) >= 11 is 0. The van der Waals surface area contributed by atoms with Crippen LogP contribution in [0.2, 0.25) is 0 Å². The minimum atomic E-state index is 0.00717. The van der Waals surface area contributed by atoms with Gasteiger partial charge in [-0.1, -0.05) is 18.2 Å². The summed E-state index contributed by atoms with van der Waals surface area (Å²) in [4.78, 5) is 17.1. The molecule has 0 atom stereocenters. The van der Waals surface area contributed by atoms with E-state index in [1.807, 2.05) is 54.6 Å². The zero-order valence-corrected chi connectivity index (χ0v) is 14.8. The highest BCUT2D eigenvalue weighted by Gasteiger charge is 2.14. The summed E-state index contributed by atoms with van der Waals surface area (Å²) in [6.45, 7) is 4.20. The van der Waals surface area contributed by atoms with Gasteiger partial charge in [-0.15, -0.1) is 0 Å². The molecule has 1 fully saturated rings. The van der Waals surface area contributed by atoms with Gasteiger partial charge in [0.15, 0.2) is 5.78 Å². The molecule has 0 amide bonds. The molecule has 1 heterocycles. The van der Waals surface area contributed by atoms with Crippen LogP contribution in [0.1, 0.15) is 15.9 Å². The number of rotatable bonds is 5. The molecule has 2 aromatic rings. The lowest BCUT2D eigenvalue weighted by molar-refractivity contribution is 0.104. The molecule has 0 radical (unpaired) electrons. The number of carbonyl (C=O) groups is 1. The second kappa shape index (κ2) is 7.99. The number of nitrogens with zero attached hydrogens (tertiary/aromatic N) is 2. The molecular formula is C21H24N2O2. The summed E-state index contributed by atoms with van der Waals surface area (Å²) in [5, 5.41) is 0. The lowest BCUT2D eigenvalue weighted by atomic mass is 10.1. The summed E-state index contributed by atoms with van der Waals surface area (Å²) in [5.74, 6) is 0.791. The van der Waals surface area contributed by atoms with Crippen molar-refractivity contribution in [1.82, 2.24) is 4.90 Å². The zero-order chi connectivity index (χ0) is 17.6. The van der Waals surface area contributed by atoms with Crippen LogP contribution in [0.15, 0.2) is 54.6 Å². The molecule has 0 aromatic heterocycles. The number of likely N-dealkylation sites (N-methyl/N-ethyl adjacent to an activating group) is 1.